The molecule has 1 saturated heterocycles. The maximum Gasteiger partial charge on any atom is 0.494 e. The van der Waals surface area contributed by atoms with Crippen molar-refractivity contribution in [2.24, 2.45) is 0 Å². The summed E-state index contributed by atoms with van der Waals surface area (Å²) in [4.78, 5) is 28.3. The third-order valence-corrected chi connectivity index (χ3v) is 4.77. The maximum absolute atomic E-state index is 12.1. The molecule has 1 aromatic rings. The number of carbonyl (C=O) groups excluding carboxylic acids is 3. The van der Waals surface area contributed by atoms with Crippen LogP contribution in [0.25, 0.3) is 0 Å². The number of hydrogen-bond acceptors (Lipinski definition) is 5. The molecule has 0 spiro atoms. The Morgan fingerprint density at radius 3 is 1.92 bits per heavy atom. The summed E-state index contributed by atoms with van der Waals surface area (Å²) in [6.07, 6.45) is 4.09. The third-order valence-electron chi connectivity index (χ3n) is 4.77. The zero-order chi connectivity index (χ0) is 19.1. The van der Waals surface area contributed by atoms with Gasteiger partial charge in [-0.2, -0.15) is 9.59 Å². The van der Waals surface area contributed by atoms with Gasteiger partial charge in [0.1, 0.15) is 0 Å². The minimum absolute atomic E-state index is 0.217. The summed E-state index contributed by atoms with van der Waals surface area (Å²) in [6, 6.07) is 7.65. The van der Waals surface area contributed by atoms with Gasteiger partial charge in [-0.1, -0.05) is 44.0 Å². The molecular formula is C19H27BO5. The molecule has 0 atom stereocenters. The molecule has 0 saturated carbocycles. The van der Waals surface area contributed by atoms with Crippen molar-refractivity contribution in [1.29, 1.82) is 0 Å². The summed E-state index contributed by atoms with van der Waals surface area (Å²) in [6.45, 7) is 10.3. The van der Waals surface area contributed by atoms with Crippen LogP contribution in [-0.4, -0.2) is 30.3 Å². The minimum atomic E-state index is -0.366. The quantitative estimate of drug-likeness (QED) is 0.450. The Labute approximate surface area is 150 Å². The summed E-state index contributed by atoms with van der Waals surface area (Å²) in [5.41, 5.74) is 1.05. The second-order valence-electron chi connectivity index (χ2n) is 7.17. The summed E-state index contributed by atoms with van der Waals surface area (Å²) in [5, 5.41) is 0. The summed E-state index contributed by atoms with van der Waals surface area (Å²) < 4.78 is 12.0. The SMILES string of the molecule is CCCCCC(=O)c1ccc(B2OC(C)(C)C(C)(C)O2)cc1.O=C=O. The van der Waals surface area contributed by atoms with Gasteiger partial charge in [0, 0.05) is 12.0 Å². The van der Waals surface area contributed by atoms with E-state index in [4.69, 9.17) is 18.9 Å². The van der Waals surface area contributed by atoms with Gasteiger partial charge in [-0.25, -0.2) is 0 Å². The molecule has 5 nitrogen and oxygen atoms in total. The number of unbranched alkanes of at least 4 members (excludes halogenated alkanes) is 2. The first-order chi connectivity index (χ1) is 11.7. The Balaban J connectivity index is 0.000000970. The van der Waals surface area contributed by atoms with Gasteiger partial charge in [-0.15, -0.1) is 0 Å². The molecule has 1 aliphatic rings. The molecule has 0 radical (unpaired) electrons. The van der Waals surface area contributed by atoms with Gasteiger partial charge in [0.25, 0.3) is 0 Å². The molecule has 1 fully saturated rings. The highest BCUT2D eigenvalue weighted by atomic mass is 16.7. The van der Waals surface area contributed by atoms with E-state index in [2.05, 4.69) is 6.92 Å². The lowest BCUT2D eigenvalue weighted by molar-refractivity contribution is -0.191. The first-order valence-corrected chi connectivity index (χ1v) is 8.66. The van der Waals surface area contributed by atoms with Crippen LogP contribution in [0.5, 0.6) is 0 Å². The molecule has 25 heavy (non-hydrogen) atoms. The minimum Gasteiger partial charge on any atom is -0.399 e. The van der Waals surface area contributed by atoms with Crippen molar-refractivity contribution in [1.82, 2.24) is 0 Å². The molecule has 0 aromatic heterocycles. The highest BCUT2D eigenvalue weighted by Crippen LogP contribution is 2.36. The van der Waals surface area contributed by atoms with Gasteiger partial charge in [0.05, 0.1) is 11.2 Å². The fourth-order valence-corrected chi connectivity index (χ4v) is 2.49. The number of benzene rings is 1. The Morgan fingerprint density at radius 2 is 1.48 bits per heavy atom. The highest BCUT2D eigenvalue weighted by Gasteiger charge is 2.51. The van der Waals surface area contributed by atoms with Crippen molar-refractivity contribution in [3.8, 4) is 0 Å². The Kier molecular flexibility index (Phi) is 7.75. The van der Waals surface area contributed by atoms with Crippen molar-refractivity contribution in [2.75, 3.05) is 0 Å². The fraction of sp³-hybridized carbons (Fsp3) is 0.579. The molecule has 1 heterocycles. The van der Waals surface area contributed by atoms with E-state index in [0.717, 1.165) is 30.3 Å². The van der Waals surface area contributed by atoms with Crippen molar-refractivity contribution >= 4 is 24.5 Å². The molecule has 0 bridgehead atoms. The molecule has 0 aliphatic carbocycles. The normalized spacial score (nSPS) is 17.4. The lowest BCUT2D eigenvalue weighted by Crippen LogP contribution is -2.41. The molecule has 0 unspecified atom stereocenters. The molecule has 1 aromatic carbocycles. The van der Waals surface area contributed by atoms with Crippen molar-refractivity contribution < 1.29 is 23.7 Å². The van der Waals surface area contributed by atoms with Gasteiger partial charge < -0.3 is 9.31 Å². The van der Waals surface area contributed by atoms with E-state index in [0.29, 0.717) is 6.42 Å². The van der Waals surface area contributed by atoms with Crippen molar-refractivity contribution in [3.63, 3.8) is 0 Å². The van der Waals surface area contributed by atoms with Crippen LogP contribution in [0.2, 0.25) is 0 Å². The second kappa shape index (κ2) is 9.09. The van der Waals surface area contributed by atoms with Crippen LogP contribution < -0.4 is 5.46 Å². The number of carbonyl (C=O) groups is 1. The monoisotopic (exact) mass is 346 g/mol. The van der Waals surface area contributed by atoms with Gasteiger partial charge in [-0.05, 0) is 39.6 Å². The summed E-state index contributed by atoms with van der Waals surface area (Å²) in [7, 11) is -0.366. The molecule has 1 aliphatic heterocycles. The van der Waals surface area contributed by atoms with Crippen LogP contribution in [0.15, 0.2) is 24.3 Å². The zero-order valence-corrected chi connectivity index (χ0v) is 15.8. The average Bonchev–Trinajstić information content (AvgIpc) is 2.76. The Morgan fingerprint density at radius 1 is 1.00 bits per heavy atom. The van der Waals surface area contributed by atoms with E-state index < -0.39 is 0 Å². The Hall–Kier alpha value is -1.75. The van der Waals surface area contributed by atoms with E-state index in [1.807, 2.05) is 52.0 Å². The van der Waals surface area contributed by atoms with Crippen LogP contribution in [0.3, 0.4) is 0 Å². The largest absolute Gasteiger partial charge is 0.494 e. The Bertz CT molecular complexity index is 585. The number of hydrogen-bond donors (Lipinski definition) is 0. The molecule has 0 N–H and O–H groups in total. The van der Waals surface area contributed by atoms with E-state index in [-0.39, 0.29) is 30.3 Å². The number of ketones is 1. The first-order valence-electron chi connectivity index (χ1n) is 8.66. The van der Waals surface area contributed by atoms with E-state index in [1.54, 1.807) is 0 Å². The molecule has 2 rings (SSSR count). The average molecular weight is 346 g/mol. The molecule has 6 heteroatoms. The van der Waals surface area contributed by atoms with Crippen molar-refractivity contribution in [3.05, 3.63) is 29.8 Å². The van der Waals surface area contributed by atoms with Crippen LogP contribution >= 0.6 is 0 Å². The third kappa shape index (κ3) is 5.63. The topological polar surface area (TPSA) is 69.7 Å². The van der Waals surface area contributed by atoms with Crippen LogP contribution in [0.4, 0.5) is 0 Å². The predicted octanol–water partition coefficient (Wildman–Crippen LogP) is 3.17. The van der Waals surface area contributed by atoms with E-state index in [9.17, 15) is 4.79 Å². The zero-order valence-electron chi connectivity index (χ0n) is 15.8. The van der Waals surface area contributed by atoms with E-state index in [1.165, 1.54) is 0 Å². The number of rotatable bonds is 6. The van der Waals surface area contributed by atoms with Crippen LogP contribution in [0.1, 0.15) is 70.7 Å². The van der Waals surface area contributed by atoms with Gasteiger partial charge in [-0.3, -0.25) is 4.79 Å². The maximum atomic E-state index is 12.1. The first kappa shape index (κ1) is 21.3. The van der Waals surface area contributed by atoms with Crippen LogP contribution in [0, 0.1) is 0 Å². The van der Waals surface area contributed by atoms with E-state index >= 15 is 0 Å². The van der Waals surface area contributed by atoms with Gasteiger partial charge in [0.2, 0.25) is 0 Å². The summed E-state index contributed by atoms with van der Waals surface area (Å²) in [5.74, 6) is 0.217. The van der Waals surface area contributed by atoms with Gasteiger partial charge in [0.15, 0.2) is 5.78 Å². The lowest BCUT2D eigenvalue weighted by atomic mass is 9.78. The van der Waals surface area contributed by atoms with Crippen molar-refractivity contribution in [2.45, 2.75) is 71.5 Å². The standard InChI is InChI=1S/C18H27BO3.CO2/c1-6-7-8-9-16(20)14-10-12-15(13-11-14)19-21-17(2,3)18(4,5)22-19;2-1-3/h10-13H,6-9H2,1-5H3;. The fourth-order valence-electron chi connectivity index (χ4n) is 2.49. The van der Waals surface area contributed by atoms with Crippen LogP contribution in [-0.2, 0) is 18.9 Å². The predicted molar refractivity (Wildman–Crippen MR) is 95.6 cm³/mol. The molecular weight excluding hydrogens is 319 g/mol. The molecule has 0 amide bonds. The highest BCUT2D eigenvalue weighted by molar-refractivity contribution is 6.62. The summed E-state index contributed by atoms with van der Waals surface area (Å²) >= 11 is 0. The lowest BCUT2D eigenvalue weighted by Gasteiger charge is -2.32. The second-order valence-corrected chi connectivity index (χ2v) is 7.17. The molecule has 136 valence electrons. The number of Topliss-reactive ketones (excluding diaryl/α,β-unsaturated/α-hetero) is 1. The van der Waals surface area contributed by atoms with Gasteiger partial charge >= 0.3 is 13.3 Å². The smallest absolute Gasteiger partial charge is 0.399 e.